The van der Waals surface area contributed by atoms with Crippen molar-refractivity contribution in [3.05, 3.63) is 18.0 Å². The Hall–Kier alpha value is -1.40. The van der Waals surface area contributed by atoms with Gasteiger partial charge in [-0.3, -0.25) is 9.48 Å². The number of ether oxygens (including phenoxy) is 1. The van der Waals surface area contributed by atoms with Gasteiger partial charge in [0.1, 0.15) is 0 Å². The molecule has 1 fully saturated rings. The van der Waals surface area contributed by atoms with Gasteiger partial charge >= 0.3 is 0 Å². The maximum absolute atomic E-state index is 12.1. The second-order valence-corrected chi connectivity index (χ2v) is 5.54. The van der Waals surface area contributed by atoms with Crippen LogP contribution in [0.3, 0.4) is 0 Å². The molecule has 112 valence electrons. The summed E-state index contributed by atoms with van der Waals surface area (Å²) in [6, 6.07) is 0.205. The SMILES string of the molecule is Cc1cnn(C[C@@H](C)NCC(=O)N2CCO[C@H](C)C2)c1. The molecule has 1 aliphatic rings. The van der Waals surface area contributed by atoms with Crippen molar-refractivity contribution in [1.82, 2.24) is 20.0 Å². The van der Waals surface area contributed by atoms with Crippen LogP contribution in [0, 0.1) is 6.92 Å². The minimum Gasteiger partial charge on any atom is -0.375 e. The number of nitrogens with one attached hydrogen (secondary N) is 1. The highest BCUT2D eigenvalue weighted by atomic mass is 16.5. The number of carbonyl (C=O) groups is 1. The number of aromatic nitrogens is 2. The number of hydrogen-bond donors (Lipinski definition) is 1. The van der Waals surface area contributed by atoms with Crippen molar-refractivity contribution < 1.29 is 9.53 Å². The molecule has 6 heteroatoms. The smallest absolute Gasteiger partial charge is 0.236 e. The molecule has 2 heterocycles. The normalized spacial score (nSPS) is 20.9. The van der Waals surface area contributed by atoms with Crippen LogP contribution < -0.4 is 5.32 Å². The number of hydrogen-bond acceptors (Lipinski definition) is 4. The van der Waals surface area contributed by atoms with E-state index in [1.807, 2.05) is 35.8 Å². The monoisotopic (exact) mass is 280 g/mol. The molecule has 2 rings (SSSR count). The van der Waals surface area contributed by atoms with Crippen molar-refractivity contribution in [2.24, 2.45) is 0 Å². The molecule has 1 amide bonds. The van der Waals surface area contributed by atoms with E-state index >= 15 is 0 Å². The molecule has 20 heavy (non-hydrogen) atoms. The summed E-state index contributed by atoms with van der Waals surface area (Å²) in [5, 5.41) is 7.51. The van der Waals surface area contributed by atoms with Gasteiger partial charge in [-0.1, -0.05) is 0 Å². The van der Waals surface area contributed by atoms with Crippen molar-refractivity contribution in [2.75, 3.05) is 26.2 Å². The number of carbonyl (C=O) groups excluding carboxylic acids is 1. The van der Waals surface area contributed by atoms with E-state index in [4.69, 9.17) is 4.74 Å². The minimum absolute atomic E-state index is 0.136. The van der Waals surface area contributed by atoms with Crippen LogP contribution in [0.4, 0.5) is 0 Å². The largest absolute Gasteiger partial charge is 0.375 e. The number of nitrogens with zero attached hydrogens (tertiary/aromatic N) is 3. The molecule has 1 aromatic heterocycles. The first-order valence-corrected chi connectivity index (χ1v) is 7.16. The molecule has 6 nitrogen and oxygen atoms in total. The van der Waals surface area contributed by atoms with Crippen LogP contribution in [0.25, 0.3) is 0 Å². The highest BCUT2D eigenvalue weighted by molar-refractivity contribution is 5.78. The summed E-state index contributed by atoms with van der Waals surface area (Å²) < 4.78 is 7.34. The molecule has 0 radical (unpaired) electrons. The second-order valence-electron chi connectivity index (χ2n) is 5.54. The quantitative estimate of drug-likeness (QED) is 0.849. The Balaban J connectivity index is 1.72. The Morgan fingerprint density at radius 1 is 1.65 bits per heavy atom. The first kappa shape index (κ1) is 15.0. The van der Waals surface area contributed by atoms with Crippen LogP contribution in [0.15, 0.2) is 12.4 Å². The molecule has 0 saturated carbocycles. The van der Waals surface area contributed by atoms with E-state index < -0.39 is 0 Å². The molecule has 0 spiro atoms. The molecule has 1 saturated heterocycles. The Morgan fingerprint density at radius 3 is 3.10 bits per heavy atom. The number of rotatable bonds is 5. The van der Waals surface area contributed by atoms with Crippen molar-refractivity contribution in [1.29, 1.82) is 0 Å². The van der Waals surface area contributed by atoms with E-state index in [0.717, 1.165) is 12.1 Å². The lowest BCUT2D eigenvalue weighted by molar-refractivity contribution is -0.137. The summed E-state index contributed by atoms with van der Waals surface area (Å²) in [6.45, 7) is 9.22. The molecule has 1 aliphatic heterocycles. The number of amides is 1. The fourth-order valence-corrected chi connectivity index (χ4v) is 2.33. The zero-order chi connectivity index (χ0) is 14.5. The first-order valence-electron chi connectivity index (χ1n) is 7.16. The van der Waals surface area contributed by atoms with E-state index in [9.17, 15) is 4.79 Å². The molecular weight excluding hydrogens is 256 g/mol. The molecule has 0 aromatic carbocycles. The standard InChI is InChI=1S/C14H24N4O2/c1-11-6-16-18(8-11)9-12(2)15-7-14(19)17-4-5-20-13(3)10-17/h6,8,12-13,15H,4-5,7,9-10H2,1-3H3/t12-,13-/m1/s1. The van der Waals surface area contributed by atoms with Gasteiger partial charge < -0.3 is 15.0 Å². The summed E-state index contributed by atoms with van der Waals surface area (Å²) >= 11 is 0. The van der Waals surface area contributed by atoms with Gasteiger partial charge in [0.15, 0.2) is 0 Å². The summed E-state index contributed by atoms with van der Waals surface area (Å²) in [5.74, 6) is 0.142. The highest BCUT2D eigenvalue weighted by Crippen LogP contribution is 2.04. The highest BCUT2D eigenvalue weighted by Gasteiger charge is 2.21. The van der Waals surface area contributed by atoms with Crippen molar-refractivity contribution in [3.63, 3.8) is 0 Å². The average Bonchev–Trinajstić information content (AvgIpc) is 2.81. The zero-order valence-corrected chi connectivity index (χ0v) is 12.5. The van der Waals surface area contributed by atoms with Crippen LogP contribution >= 0.6 is 0 Å². The lowest BCUT2D eigenvalue weighted by atomic mass is 10.3. The van der Waals surface area contributed by atoms with Crippen molar-refractivity contribution >= 4 is 5.91 Å². The predicted octanol–water partition coefficient (Wildman–Crippen LogP) is 0.417. The van der Waals surface area contributed by atoms with Crippen LogP contribution in [0.1, 0.15) is 19.4 Å². The lowest BCUT2D eigenvalue weighted by Gasteiger charge is -2.31. The van der Waals surface area contributed by atoms with E-state index in [1.165, 1.54) is 0 Å². The van der Waals surface area contributed by atoms with Gasteiger partial charge in [0.25, 0.3) is 0 Å². The zero-order valence-electron chi connectivity index (χ0n) is 12.5. The van der Waals surface area contributed by atoms with Gasteiger partial charge in [-0.2, -0.15) is 5.10 Å². The molecular formula is C14H24N4O2. The van der Waals surface area contributed by atoms with Gasteiger partial charge in [0.05, 0.1) is 32.0 Å². The summed E-state index contributed by atoms with van der Waals surface area (Å²) in [5.41, 5.74) is 1.15. The van der Waals surface area contributed by atoms with E-state index in [1.54, 1.807) is 0 Å². The fourth-order valence-electron chi connectivity index (χ4n) is 2.33. The van der Waals surface area contributed by atoms with Gasteiger partial charge in [-0.15, -0.1) is 0 Å². The summed E-state index contributed by atoms with van der Waals surface area (Å²) in [4.78, 5) is 14.0. The van der Waals surface area contributed by atoms with Gasteiger partial charge in [-0.05, 0) is 26.3 Å². The first-order chi connectivity index (χ1) is 9.54. The number of aryl methyl sites for hydroxylation is 1. The molecule has 0 bridgehead atoms. The van der Waals surface area contributed by atoms with Crippen molar-refractivity contribution in [2.45, 2.75) is 39.5 Å². The van der Waals surface area contributed by atoms with Crippen molar-refractivity contribution in [3.8, 4) is 0 Å². The Kier molecular flexibility index (Phi) is 5.14. The average molecular weight is 280 g/mol. The maximum atomic E-state index is 12.1. The molecule has 1 N–H and O–H groups in total. The Morgan fingerprint density at radius 2 is 2.45 bits per heavy atom. The third kappa shape index (κ3) is 4.31. The van der Waals surface area contributed by atoms with Gasteiger partial charge in [0.2, 0.25) is 5.91 Å². The van der Waals surface area contributed by atoms with Gasteiger partial charge in [0, 0.05) is 25.3 Å². The minimum atomic E-state index is 0.136. The number of morpholine rings is 1. The molecule has 0 aliphatic carbocycles. The molecule has 1 aromatic rings. The van der Waals surface area contributed by atoms with E-state index in [-0.39, 0.29) is 18.1 Å². The third-order valence-electron chi connectivity index (χ3n) is 3.42. The Labute approximate surface area is 120 Å². The Bertz CT molecular complexity index is 446. The van der Waals surface area contributed by atoms with Crippen LogP contribution in [-0.2, 0) is 16.1 Å². The summed E-state index contributed by atoms with van der Waals surface area (Å²) in [7, 11) is 0. The second kappa shape index (κ2) is 6.85. The van der Waals surface area contributed by atoms with E-state index in [0.29, 0.717) is 26.2 Å². The van der Waals surface area contributed by atoms with E-state index in [2.05, 4.69) is 17.3 Å². The van der Waals surface area contributed by atoms with Crippen LogP contribution in [-0.4, -0.2) is 59.0 Å². The third-order valence-corrected chi connectivity index (χ3v) is 3.42. The fraction of sp³-hybridized carbons (Fsp3) is 0.714. The maximum Gasteiger partial charge on any atom is 0.236 e. The molecule has 0 unspecified atom stereocenters. The lowest BCUT2D eigenvalue weighted by Crippen LogP contribution is -2.48. The van der Waals surface area contributed by atoms with Crippen LogP contribution in [0.2, 0.25) is 0 Å². The summed E-state index contributed by atoms with van der Waals surface area (Å²) in [6.07, 6.45) is 3.98. The topological polar surface area (TPSA) is 59.4 Å². The van der Waals surface area contributed by atoms with Crippen LogP contribution in [0.5, 0.6) is 0 Å². The molecule has 2 atom stereocenters. The predicted molar refractivity (Wildman–Crippen MR) is 76.4 cm³/mol. The van der Waals surface area contributed by atoms with Gasteiger partial charge in [-0.25, -0.2) is 0 Å².